The molecule has 1 atom stereocenters. The highest BCUT2D eigenvalue weighted by Crippen LogP contribution is 2.06. The first-order valence-electron chi connectivity index (χ1n) is 6.47. The second-order valence-corrected chi connectivity index (χ2v) is 6.50. The minimum atomic E-state index is -3.40. The van der Waals surface area contributed by atoms with Crippen LogP contribution in [0.3, 0.4) is 0 Å². The van der Waals surface area contributed by atoms with E-state index in [1.54, 1.807) is 0 Å². The van der Waals surface area contributed by atoms with Gasteiger partial charge in [0.2, 0.25) is 10.0 Å². The zero-order valence-electron chi connectivity index (χ0n) is 12.1. The maximum absolute atomic E-state index is 11.9. The Morgan fingerprint density at radius 1 is 1.32 bits per heavy atom. The summed E-state index contributed by atoms with van der Waals surface area (Å²) in [5, 5.41) is 0. The normalized spacial score (nSPS) is 13.5. The largest absolute Gasteiger partial charge is 0.469 e. The van der Waals surface area contributed by atoms with Gasteiger partial charge in [-0.3, -0.25) is 4.79 Å². The van der Waals surface area contributed by atoms with Crippen molar-refractivity contribution in [1.29, 1.82) is 0 Å². The van der Waals surface area contributed by atoms with Gasteiger partial charge in [0.05, 0.1) is 19.5 Å². The van der Waals surface area contributed by atoms with Crippen LogP contribution in [0.5, 0.6) is 0 Å². The predicted molar refractivity (Wildman–Crippen MR) is 73.3 cm³/mol. The Balaban J connectivity index is 4.27. The third-order valence-corrected chi connectivity index (χ3v) is 4.15. The Hall–Kier alpha value is -0.660. The zero-order chi connectivity index (χ0) is 14.9. The zero-order valence-corrected chi connectivity index (χ0v) is 13.0. The molecule has 0 aromatic rings. The number of esters is 1. The van der Waals surface area contributed by atoms with Crippen LogP contribution in [0, 0.1) is 5.92 Å². The number of hydrogen-bond donors (Lipinski definition) is 1. The lowest BCUT2D eigenvalue weighted by molar-refractivity contribution is -0.140. The molecule has 0 aliphatic heterocycles. The van der Waals surface area contributed by atoms with Crippen LogP contribution in [0.1, 0.15) is 33.6 Å². The monoisotopic (exact) mass is 295 g/mol. The van der Waals surface area contributed by atoms with Crippen molar-refractivity contribution in [1.82, 2.24) is 4.72 Å². The summed E-state index contributed by atoms with van der Waals surface area (Å²) in [5.41, 5.74) is 0. The Bertz CT molecular complexity index is 353. The number of carbonyl (C=O) groups excluding carboxylic acids is 1. The Labute approximate surface area is 115 Å². The van der Waals surface area contributed by atoms with Crippen LogP contribution < -0.4 is 4.72 Å². The molecule has 0 bridgehead atoms. The molecule has 0 spiro atoms. The van der Waals surface area contributed by atoms with Gasteiger partial charge in [-0.25, -0.2) is 13.1 Å². The number of carbonyl (C=O) groups is 1. The van der Waals surface area contributed by atoms with Gasteiger partial charge in [-0.1, -0.05) is 13.8 Å². The predicted octanol–water partition coefficient (Wildman–Crippen LogP) is 0.920. The summed E-state index contributed by atoms with van der Waals surface area (Å²) >= 11 is 0. The summed E-state index contributed by atoms with van der Waals surface area (Å²) in [6, 6.07) is -0.247. The number of sulfonamides is 1. The SMILES string of the molecule is CCOCC(NS(=O)(=O)CCCC(=O)OC)C(C)C. The van der Waals surface area contributed by atoms with E-state index in [9.17, 15) is 13.2 Å². The van der Waals surface area contributed by atoms with Crippen molar-refractivity contribution in [3.63, 3.8) is 0 Å². The van der Waals surface area contributed by atoms with Crippen LogP contribution in [0.15, 0.2) is 0 Å². The molecule has 0 aromatic carbocycles. The van der Waals surface area contributed by atoms with Gasteiger partial charge >= 0.3 is 5.97 Å². The van der Waals surface area contributed by atoms with Crippen molar-refractivity contribution in [2.45, 2.75) is 39.7 Å². The van der Waals surface area contributed by atoms with Gasteiger partial charge in [0.15, 0.2) is 0 Å². The van der Waals surface area contributed by atoms with Crippen LogP contribution >= 0.6 is 0 Å². The fourth-order valence-electron chi connectivity index (χ4n) is 1.41. The van der Waals surface area contributed by atoms with E-state index < -0.39 is 16.0 Å². The fraction of sp³-hybridized carbons (Fsp3) is 0.917. The molecule has 0 fully saturated rings. The molecule has 7 heteroatoms. The number of rotatable bonds is 10. The molecule has 0 aromatic heterocycles. The van der Waals surface area contributed by atoms with E-state index in [0.717, 1.165) is 0 Å². The van der Waals surface area contributed by atoms with E-state index in [2.05, 4.69) is 9.46 Å². The third kappa shape index (κ3) is 8.96. The molecule has 0 aliphatic carbocycles. The highest BCUT2D eigenvalue weighted by molar-refractivity contribution is 7.89. The van der Waals surface area contributed by atoms with Gasteiger partial charge in [-0.05, 0) is 19.3 Å². The highest BCUT2D eigenvalue weighted by atomic mass is 32.2. The van der Waals surface area contributed by atoms with E-state index >= 15 is 0 Å². The standard InChI is InChI=1S/C12H25NO5S/c1-5-18-9-11(10(2)3)13-19(15,16)8-6-7-12(14)17-4/h10-11,13H,5-9H2,1-4H3. The number of hydrogen-bond acceptors (Lipinski definition) is 5. The average Bonchev–Trinajstić information content (AvgIpc) is 2.33. The van der Waals surface area contributed by atoms with Crippen LogP contribution in [0.25, 0.3) is 0 Å². The summed E-state index contributed by atoms with van der Waals surface area (Å²) in [5.74, 6) is -0.343. The number of methoxy groups -OCH3 is 1. The molecule has 0 radical (unpaired) electrons. The van der Waals surface area contributed by atoms with Crippen molar-refractivity contribution < 1.29 is 22.7 Å². The molecule has 6 nitrogen and oxygen atoms in total. The average molecular weight is 295 g/mol. The van der Waals surface area contributed by atoms with E-state index in [1.807, 2.05) is 20.8 Å². The first-order valence-corrected chi connectivity index (χ1v) is 8.12. The lowest BCUT2D eigenvalue weighted by Crippen LogP contribution is -2.42. The summed E-state index contributed by atoms with van der Waals surface area (Å²) in [7, 11) is -2.11. The summed E-state index contributed by atoms with van der Waals surface area (Å²) < 4.78 is 36.1. The summed E-state index contributed by atoms with van der Waals surface area (Å²) in [6.45, 7) is 6.63. The molecule has 0 heterocycles. The van der Waals surface area contributed by atoms with Crippen molar-refractivity contribution in [3.8, 4) is 0 Å². The van der Waals surface area contributed by atoms with Crippen LogP contribution in [-0.2, 0) is 24.3 Å². The molecule has 0 aliphatic rings. The highest BCUT2D eigenvalue weighted by Gasteiger charge is 2.21. The maximum atomic E-state index is 11.9. The molecular formula is C12H25NO5S. The minimum absolute atomic E-state index is 0.0859. The lowest BCUT2D eigenvalue weighted by atomic mass is 10.1. The first-order chi connectivity index (χ1) is 8.82. The molecule has 0 saturated heterocycles. The number of ether oxygens (including phenoxy) is 2. The quantitative estimate of drug-likeness (QED) is 0.606. The second kappa shape index (κ2) is 9.28. The second-order valence-electron chi connectivity index (χ2n) is 4.63. The minimum Gasteiger partial charge on any atom is -0.469 e. The number of nitrogens with one attached hydrogen (secondary N) is 1. The molecule has 114 valence electrons. The van der Waals surface area contributed by atoms with Crippen molar-refractivity contribution in [2.24, 2.45) is 5.92 Å². The van der Waals surface area contributed by atoms with E-state index in [1.165, 1.54) is 7.11 Å². The van der Waals surface area contributed by atoms with Crippen molar-refractivity contribution in [2.75, 3.05) is 26.1 Å². The van der Waals surface area contributed by atoms with Gasteiger partial charge < -0.3 is 9.47 Å². The van der Waals surface area contributed by atoms with Gasteiger partial charge in [-0.15, -0.1) is 0 Å². The molecule has 0 amide bonds. The van der Waals surface area contributed by atoms with Crippen molar-refractivity contribution >= 4 is 16.0 Å². The van der Waals surface area contributed by atoms with Gasteiger partial charge in [0.25, 0.3) is 0 Å². The van der Waals surface area contributed by atoms with Crippen LogP contribution in [0.4, 0.5) is 0 Å². The third-order valence-electron chi connectivity index (χ3n) is 2.66. The first kappa shape index (κ1) is 18.3. The Kier molecular flexibility index (Phi) is 8.95. The van der Waals surface area contributed by atoms with Crippen LogP contribution in [-0.4, -0.2) is 46.5 Å². The van der Waals surface area contributed by atoms with E-state index in [0.29, 0.717) is 13.2 Å². The molecule has 0 saturated carbocycles. The Morgan fingerprint density at radius 3 is 2.42 bits per heavy atom. The van der Waals surface area contributed by atoms with Gasteiger partial charge in [0, 0.05) is 19.1 Å². The molecule has 19 heavy (non-hydrogen) atoms. The van der Waals surface area contributed by atoms with E-state index in [-0.39, 0.29) is 30.6 Å². The van der Waals surface area contributed by atoms with Crippen LogP contribution in [0.2, 0.25) is 0 Å². The fourth-order valence-corrected chi connectivity index (χ4v) is 2.85. The van der Waals surface area contributed by atoms with Gasteiger partial charge in [0.1, 0.15) is 0 Å². The molecule has 0 rings (SSSR count). The topological polar surface area (TPSA) is 81.7 Å². The smallest absolute Gasteiger partial charge is 0.305 e. The summed E-state index contributed by atoms with van der Waals surface area (Å²) in [4.78, 5) is 10.9. The molecule has 1 N–H and O–H groups in total. The maximum Gasteiger partial charge on any atom is 0.305 e. The summed E-state index contributed by atoms with van der Waals surface area (Å²) in [6.07, 6.45) is 0.358. The molecule has 1 unspecified atom stereocenters. The lowest BCUT2D eigenvalue weighted by Gasteiger charge is -2.21. The van der Waals surface area contributed by atoms with Crippen molar-refractivity contribution in [3.05, 3.63) is 0 Å². The van der Waals surface area contributed by atoms with Gasteiger partial charge in [-0.2, -0.15) is 0 Å². The van der Waals surface area contributed by atoms with E-state index in [4.69, 9.17) is 4.74 Å². The molecular weight excluding hydrogens is 270 g/mol. The Morgan fingerprint density at radius 2 is 1.95 bits per heavy atom.